The van der Waals surface area contributed by atoms with E-state index in [-0.39, 0.29) is 32.7 Å². The predicted molar refractivity (Wildman–Crippen MR) is 191 cm³/mol. The van der Waals surface area contributed by atoms with Gasteiger partial charge in [-0.1, -0.05) is 91.0 Å². The number of carbonyl (C=O) groups excluding carboxylic acids is 3. The Hall–Kier alpha value is -6.11. The van der Waals surface area contributed by atoms with Crippen molar-refractivity contribution in [1.29, 1.82) is 0 Å². The minimum absolute atomic E-state index is 0.0200. The first-order valence-electron chi connectivity index (χ1n) is 16.5. The molecule has 0 spiro atoms. The molecule has 292 valence electrons. The highest BCUT2D eigenvalue weighted by Gasteiger charge is 2.37. The molecule has 0 radical (unpaired) electrons. The first-order chi connectivity index (χ1) is 25.7. The number of aliphatic hydroxyl groups is 3. The largest absolute Gasteiger partial charge is 0.464 e. The zero-order chi connectivity index (χ0) is 40.6. The second-order valence-corrected chi connectivity index (χ2v) is 10.9. The number of hydrogen-bond donors (Lipinski definition) is 3. The smallest absolute Gasteiger partial charge is 0.346 e. The molecule has 0 heterocycles. The summed E-state index contributed by atoms with van der Waals surface area (Å²) in [6.07, 6.45) is -4.29. The van der Waals surface area contributed by atoms with E-state index in [0.717, 1.165) is 6.08 Å². The van der Waals surface area contributed by atoms with Gasteiger partial charge in [0, 0.05) is 28.8 Å². The van der Waals surface area contributed by atoms with Gasteiger partial charge in [0.25, 0.3) is 17.8 Å². The number of hydrogen-bond acceptors (Lipinski definition) is 15. The van der Waals surface area contributed by atoms with Crippen LogP contribution in [0.15, 0.2) is 96.7 Å². The number of nitrogens with zero attached hydrogens (tertiary/aromatic N) is 3. The predicted octanol–water partition coefficient (Wildman–Crippen LogP) is 2.82. The van der Waals surface area contributed by atoms with Gasteiger partial charge in [-0.15, -0.1) is 0 Å². The topological polar surface area (TPSA) is 269 Å². The van der Waals surface area contributed by atoms with Crippen molar-refractivity contribution in [2.75, 3.05) is 19.8 Å². The van der Waals surface area contributed by atoms with Gasteiger partial charge >= 0.3 is 17.9 Å². The molecule has 3 aromatic rings. The fourth-order valence-electron chi connectivity index (χ4n) is 4.38. The number of nitro groups is 3. The number of ether oxygens (including phenoxy) is 3. The molecule has 5 atom stereocenters. The average molecular weight is 758 g/mol. The van der Waals surface area contributed by atoms with Crippen molar-refractivity contribution in [3.05, 3.63) is 144 Å². The van der Waals surface area contributed by atoms with Gasteiger partial charge < -0.3 is 29.5 Å². The van der Waals surface area contributed by atoms with Gasteiger partial charge in [-0.25, -0.2) is 14.4 Å². The van der Waals surface area contributed by atoms with Gasteiger partial charge in [-0.2, -0.15) is 0 Å². The molecule has 0 amide bonds. The summed E-state index contributed by atoms with van der Waals surface area (Å²) in [5, 5.41) is 61.4. The maximum Gasteiger partial charge on any atom is 0.346 e. The summed E-state index contributed by atoms with van der Waals surface area (Å²) >= 11 is 0. The van der Waals surface area contributed by atoms with Crippen molar-refractivity contribution in [2.24, 2.45) is 0 Å². The van der Waals surface area contributed by atoms with Gasteiger partial charge in [-0.3, -0.25) is 30.3 Å². The van der Waals surface area contributed by atoms with Crippen LogP contribution in [-0.2, 0) is 41.4 Å². The van der Waals surface area contributed by atoms with Crippen LogP contribution in [0.3, 0.4) is 0 Å². The lowest BCUT2D eigenvalue weighted by atomic mass is 10.0. The molecule has 18 heteroatoms. The maximum atomic E-state index is 11.3. The molecule has 0 aromatic heterocycles. The molecule has 0 saturated carbocycles. The second kappa shape index (κ2) is 25.0. The van der Waals surface area contributed by atoms with Crippen LogP contribution in [0.4, 0.5) is 0 Å². The summed E-state index contributed by atoms with van der Waals surface area (Å²) in [4.78, 5) is 64.4. The third-order valence-electron chi connectivity index (χ3n) is 7.02. The molecule has 0 aliphatic heterocycles. The molecule has 0 unspecified atom stereocenters. The Morgan fingerprint density at radius 2 is 0.926 bits per heavy atom. The van der Waals surface area contributed by atoms with Crippen molar-refractivity contribution in [2.45, 2.75) is 64.0 Å². The lowest BCUT2D eigenvalue weighted by molar-refractivity contribution is -0.531. The lowest BCUT2D eigenvalue weighted by Gasteiger charge is -2.14. The van der Waals surface area contributed by atoms with E-state index in [1.165, 1.54) is 0 Å². The molecule has 18 nitrogen and oxygen atoms in total. The number of esters is 3. The van der Waals surface area contributed by atoms with Crippen LogP contribution in [0.5, 0.6) is 0 Å². The number of aliphatic hydroxyl groups excluding tert-OH is 3. The van der Waals surface area contributed by atoms with Crippen LogP contribution in [-0.4, -0.2) is 98.2 Å². The zero-order valence-electron chi connectivity index (χ0n) is 29.7. The normalized spacial score (nSPS) is 13.4. The van der Waals surface area contributed by atoms with Crippen LogP contribution >= 0.6 is 0 Å². The second-order valence-electron chi connectivity index (χ2n) is 10.9. The first-order valence-corrected chi connectivity index (χ1v) is 16.5. The molecule has 3 rings (SSSR count). The Morgan fingerprint density at radius 3 is 1.24 bits per heavy atom. The number of carbonyl (C=O) groups is 3. The third-order valence-corrected chi connectivity index (χ3v) is 7.02. The van der Waals surface area contributed by atoms with E-state index in [0.29, 0.717) is 16.7 Å². The standard InChI is InChI=1S/2C12H15NO5.C12H13NO5/c3*1-2-18-12(15)11(14)10(13(16)17)8-9-6-4-3-5-7-9/h2*3-7,10-11,14H,2,8H2,1H3;3-8,11,14H,2H2,1H3/b;;10-8+/t10-,11+;10-,11-;11-/m100/s1. The SMILES string of the molecule is CCOC(=O)[C@@H](O)/C(=C\c1ccccc1)[N+](=O)[O-].CCOC(=O)[C@@H](O)[C@@H](Cc1ccccc1)[N+](=O)[O-].CCOC(=O)[C@@H](O)[C@H](Cc1ccccc1)[N+](=O)[O-]. The van der Waals surface area contributed by atoms with Gasteiger partial charge in [0.2, 0.25) is 18.3 Å². The molecule has 3 N–H and O–H groups in total. The van der Waals surface area contributed by atoms with Crippen molar-refractivity contribution in [3.8, 4) is 0 Å². The molecule has 0 fully saturated rings. The van der Waals surface area contributed by atoms with Gasteiger partial charge in [0.05, 0.1) is 24.7 Å². The van der Waals surface area contributed by atoms with E-state index < -0.39 is 68.8 Å². The van der Waals surface area contributed by atoms with E-state index in [1.54, 1.807) is 112 Å². The van der Waals surface area contributed by atoms with E-state index in [4.69, 9.17) is 0 Å². The van der Waals surface area contributed by atoms with Crippen LogP contribution in [0.1, 0.15) is 37.5 Å². The summed E-state index contributed by atoms with van der Waals surface area (Å²) in [6, 6.07) is 22.9. The minimum atomic E-state index is -1.89. The van der Waals surface area contributed by atoms with Crippen LogP contribution in [0, 0.1) is 30.3 Å². The van der Waals surface area contributed by atoms with E-state index in [1.807, 2.05) is 0 Å². The first kappa shape index (κ1) is 45.9. The fraction of sp³-hybridized carbons (Fsp3) is 0.361. The Balaban J connectivity index is 0.000000405. The third kappa shape index (κ3) is 16.5. The van der Waals surface area contributed by atoms with Crippen molar-refractivity contribution >= 4 is 24.0 Å². The zero-order valence-corrected chi connectivity index (χ0v) is 29.7. The Labute approximate surface area is 310 Å². The van der Waals surface area contributed by atoms with E-state index >= 15 is 0 Å². The fourth-order valence-corrected chi connectivity index (χ4v) is 4.38. The molecule has 0 aliphatic rings. The van der Waals surface area contributed by atoms with Gasteiger partial charge in [0.1, 0.15) is 0 Å². The molecule has 0 aliphatic carbocycles. The summed E-state index contributed by atoms with van der Waals surface area (Å²) in [7, 11) is 0. The summed E-state index contributed by atoms with van der Waals surface area (Å²) in [6.45, 7) is 4.90. The Kier molecular flexibility index (Phi) is 21.2. The summed E-state index contributed by atoms with van der Waals surface area (Å²) in [5.74, 6) is -2.96. The van der Waals surface area contributed by atoms with Crippen molar-refractivity contribution in [3.63, 3.8) is 0 Å². The monoisotopic (exact) mass is 757 g/mol. The number of rotatable bonds is 17. The summed E-state index contributed by atoms with van der Waals surface area (Å²) < 4.78 is 13.7. The highest BCUT2D eigenvalue weighted by Crippen LogP contribution is 2.13. The molecular weight excluding hydrogens is 714 g/mol. The lowest BCUT2D eigenvalue weighted by Crippen LogP contribution is -2.42. The van der Waals surface area contributed by atoms with Crippen LogP contribution < -0.4 is 0 Å². The van der Waals surface area contributed by atoms with Gasteiger partial charge in [0.15, 0.2) is 0 Å². The summed E-state index contributed by atoms with van der Waals surface area (Å²) in [5.41, 5.74) is 1.28. The van der Waals surface area contributed by atoms with Crippen LogP contribution in [0.2, 0.25) is 0 Å². The molecular formula is C36H43N3O15. The molecule has 0 saturated heterocycles. The highest BCUT2D eigenvalue weighted by atomic mass is 16.6. The number of benzene rings is 3. The van der Waals surface area contributed by atoms with E-state index in [2.05, 4.69) is 14.2 Å². The minimum Gasteiger partial charge on any atom is -0.464 e. The average Bonchev–Trinajstić information content (AvgIpc) is 3.16. The van der Waals surface area contributed by atoms with Crippen molar-refractivity contribution in [1.82, 2.24) is 0 Å². The Morgan fingerprint density at radius 1 is 0.593 bits per heavy atom. The van der Waals surface area contributed by atoms with Crippen molar-refractivity contribution < 1.29 is 58.7 Å². The molecule has 0 bridgehead atoms. The maximum absolute atomic E-state index is 11.3. The molecule has 3 aromatic carbocycles. The quantitative estimate of drug-likeness (QED) is 0.0773. The van der Waals surface area contributed by atoms with Crippen LogP contribution in [0.25, 0.3) is 6.08 Å². The van der Waals surface area contributed by atoms with Gasteiger partial charge in [-0.05, 0) is 37.5 Å². The van der Waals surface area contributed by atoms with E-state index in [9.17, 15) is 60.0 Å². The Bertz CT molecular complexity index is 1580. The molecule has 54 heavy (non-hydrogen) atoms. The highest BCUT2D eigenvalue weighted by molar-refractivity contribution is 5.79.